The molecule has 0 saturated heterocycles. The first-order chi connectivity index (χ1) is 14.5. The topological polar surface area (TPSA) is 85.0 Å². The zero-order valence-electron chi connectivity index (χ0n) is 16.5. The summed E-state index contributed by atoms with van der Waals surface area (Å²) < 4.78 is 20.2. The number of hydrogen-bond acceptors (Lipinski definition) is 4. The number of nitrogens with two attached hydrogens (primary N) is 1. The highest BCUT2D eigenvalue weighted by Crippen LogP contribution is 2.28. The third-order valence-corrected chi connectivity index (χ3v) is 4.34. The second kappa shape index (κ2) is 9.65. The van der Waals surface area contributed by atoms with Crippen LogP contribution in [0.15, 0.2) is 65.8 Å². The van der Waals surface area contributed by atoms with E-state index in [1.165, 1.54) is 24.4 Å². The van der Waals surface area contributed by atoms with Crippen molar-refractivity contribution >= 4 is 34.5 Å². The molecule has 3 aromatic rings. The molecule has 0 aliphatic heterocycles. The first-order valence-corrected chi connectivity index (χ1v) is 9.55. The number of fused-ring (bicyclic) bond motifs is 1. The van der Waals surface area contributed by atoms with Gasteiger partial charge >= 0.3 is 0 Å². The van der Waals surface area contributed by atoms with Gasteiger partial charge in [0.05, 0.1) is 12.8 Å². The highest BCUT2D eigenvalue weighted by Gasteiger charge is 2.20. The minimum atomic E-state index is -0.825. The minimum absolute atomic E-state index is 0.0729. The van der Waals surface area contributed by atoms with Gasteiger partial charge in [0.25, 0.3) is 5.91 Å². The van der Waals surface area contributed by atoms with Crippen molar-refractivity contribution in [1.82, 2.24) is 0 Å². The van der Waals surface area contributed by atoms with Crippen LogP contribution in [0.2, 0.25) is 0 Å². The number of hydrazone groups is 1. The van der Waals surface area contributed by atoms with Crippen LogP contribution in [0.4, 0.5) is 10.1 Å². The van der Waals surface area contributed by atoms with Crippen molar-refractivity contribution in [2.75, 3.05) is 11.6 Å². The summed E-state index contributed by atoms with van der Waals surface area (Å²) in [4.78, 5) is 23.8. The van der Waals surface area contributed by atoms with Crippen molar-refractivity contribution in [3.8, 4) is 5.75 Å². The lowest BCUT2D eigenvalue weighted by Crippen LogP contribution is -2.30. The lowest BCUT2D eigenvalue weighted by Gasteiger charge is -2.18. The molecule has 3 rings (SSSR count). The summed E-state index contributed by atoms with van der Waals surface area (Å²) in [5, 5.41) is 6.91. The standard InChI is InChI=1S/C23H22FN3O3/c1-2-13-30-21-12-11-16-7-3-4-8-17(16)18(21)15-26-27(23(29)14-22(25)28)20-10-6-5-9-19(20)24/h3-12,15H,2,13-14H2,1H3,(H2,25,28). The van der Waals surface area contributed by atoms with Gasteiger partial charge in [0, 0.05) is 5.56 Å². The minimum Gasteiger partial charge on any atom is -0.493 e. The van der Waals surface area contributed by atoms with Crippen LogP contribution in [-0.2, 0) is 9.59 Å². The van der Waals surface area contributed by atoms with Crippen molar-refractivity contribution in [3.63, 3.8) is 0 Å². The number of halogens is 1. The van der Waals surface area contributed by atoms with E-state index in [1.54, 1.807) is 6.07 Å². The maximum atomic E-state index is 14.4. The number of para-hydroxylation sites is 1. The number of nitrogens with zero attached hydrogens (tertiary/aromatic N) is 2. The Morgan fingerprint density at radius 1 is 1.10 bits per heavy atom. The average molecular weight is 407 g/mol. The first-order valence-electron chi connectivity index (χ1n) is 9.55. The van der Waals surface area contributed by atoms with Gasteiger partial charge in [0.1, 0.15) is 23.7 Å². The lowest BCUT2D eigenvalue weighted by atomic mass is 10.0. The number of primary amides is 1. The maximum absolute atomic E-state index is 14.4. The second-order valence-electron chi connectivity index (χ2n) is 6.59. The normalized spacial score (nSPS) is 11.0. The van der Waals surface area contributed by atoms with Crippen molar-refractivity contribution in [1.29, 1.82) is 0 Å². The van der Waals surface area contributed by atoms with Gasteiger partial charge in [-0.25, -0.2) is 4.39 Å². The quantitative estimate of drug-likeness (QED) is 0.348. The summed E-state index contributed by atoms with van der Waals surface area (Å²) >= 11 is 0. The van der Waals surface area contributed by atoms with Gasteiger partial charge in [-0.15, -0.1) is 0 Å². The monoisotopic (exact) mass is 407 g/mol. The van der Waals surface area contributed by atoms with Crippen LogP contribution in [0.25, 0.3) is 10.8 Å². The van der Waals surface area contributed by atoms with Gasteiger partial charge in [0.15, 0.2) is 0 Å². The van der Waals surface area contributed by atoms with Crippen LogP contribution in [0, 0.1) is 5.82 Å². The molecule has 3 aromatic carbocycles. The molecule has 0 radical (unpaired) electrons. The molecule has 0 spiro atoms. The predicted molar refractivity (Wildman–Crippen MR) is 115 cm³/mol. The first kappa shape index (κ1) is 21.0. The van der Waals surface area contributed by atoms with Gasteiger partial charge in [-0.3, -0.25) is 9.59 Å². The van der Waals surface area contributed by atoms with Gasteiger partial charge in [-0.2, -0.15) is 10.1 Å². The Kier molecular flexibility index (Phi) is 6.75. The highest BCUT2D eigenvalue weighted by molar-refractivity contribution is 6.07. The van der Waals surface area contributed by atoms with E-state index >= 15 is 0 Å². The van der Waals surface area contributed by atoms with E-state index in [-0.39, 0.29) is 5.69 Å². The zero-order chi connectivity index (χ0) is 21.5. The van der Waals surface area contributed by atoms with Gasteiger partial charge in [0.2, 0.25) is 5.91 Å². The zero-order valence-corrected chi connectivity index (χ0v) is 16.5. The number of benzene rings is 3. The van der Waals surface area contributed by atoms with E-state index in [9.17, 15) is 14.0 Å². The Balaban J connectivity index is 2.09. The van der Waals surface area contributed by atoms with Crippen molar-refractivity contribution in [3.05, 3.63) is 72.0 Å². The molecule has 154 valence electrons. The van der Waals surface area contributed by atoms with E-state index in [0.29, 0.717) is 17.9 Å². The molecule has 0 atom stereocenters. The molecule has 0 aliphatic rings. The van der Waals surface area contributed by atoms with Gasteiger partial charge in [-0.05, 0) is 35.4 Å². The molecule has 0 aromatic heterocycles. The highest BCUT2D eigenvalue weighted by atomic mass is 19.1. The SMILES string of the molecule is CCCOc1ccc2ccccc2c1C=NN(C(=O)CC(N)=O)c1ccccc1F. The third-order valence-electron chi connectivity index (χ3n) is 4.34. The Hall–Kier alpha value is -3.74. The number of rotatable bonds is 8. The smallest absolute Gasteiger partial charge is 0.256 e. The molecule has 0 fully saturated rings. The second-order valence-corrected chi connectivity index (χ2v) is 6.59. The van der Waals surface area contributed by atoms with Crippen LogP contribution >= 0.6 is 0 Å². The average Bonchev–Trinajstić information content (AvgIpc) is 2.73. The third kappa shape index (κ3) is 4.81. The van der Waals surface area contributed by atoms with Crippen molar-refractivity contribution in [2.45, 2.75) is 19.8 Å². The van der Waals surface area contributed by atoms with Crippen molar-refractivity contribution in [2.24, 2.45) is 10.8 Å². The van der Waals surface area contributed by atoms with E-state index in [2.05, 4.69) is 5.10 Å². The Bertz CT molecular complexity index is 1100. The lowest BCUT2D eigenvalue weighted by molar-refractivity contribution is -0.126. The molecule has 0 bridgehead atoms. The maximum Gasteiger partial charge on any atom is 0.256 e. The van der Waals surface area contributed by atoms with Crippen LogP contribution in [0.1, 0.15) is 25.3 Å². The van der Waals surface area contributed by atoms with E-state index < -0.39 is 24.1 Å². The Morgan fingerprint density at radius 3 is 2.57 bits per heavy atom. The fourth-order valence-electron chi connectivity index (χ4n) is 2.97. The number of carbonyl (C=O) groups is 2. The van der Waals surface area contributed by atoms with Crippen molar-refractivity contribution < 1.29 is 18.7 Å². The molecule has 0 unspecified atom stereocenters. The number of amides is 2. The number of carbonyl (C=O) groups excluding carboxylic acids is 2. The summed E-state index contributed by atoms with van der Waals surface area (Å²) in [5.41, 5.74) is 5.73. The summed E-state index contributed by atoms with van der Waals surface area (Å²) in [6.45, 7) is 2.51. The summed E-state index contributed by atoms with van der Waals surface area (Å²) in [5.74, 6) is -1.61. The molecule has 2 amide bonds. The molecule has 2 N–H and O–H groups in total. The van der Waals surface area contributed by atoms with Crippen LogP contribution in [-0.4, -0.2) is 24.6 Å². The van der Waals surface area contributed by atoms with Gasteiger partial charge in [-0.1, -0.05) is 49.4 Å². The van der Waals surface area contributed by atoms with E-state index in [1.807, 2.05) is 43.3 Å². The van der Waals surface area contributed by atoms with Crippen LogP contribution in [0.3, 0.4) is 0 Å². The van der Waals surface area contributed by atoms with Crippen LogP contribution in [0.5, 0.6) is 5.75 Å². The predicted octanol–water partition coefficient (Wildman–Crippen LogP) is 4.01. The Morgan fingerprint density at radius 2 is 1.83 bits per heavy atom. The fraction of sp³-hybridized carbons (Fsp3) is 0.174. The number of anilines is 1. The molecular weight excluding hydrogens is 385 g/mol. The molecule has 0 saturated carbocycles. The largest absolute Gasteiger partial charge is 0.493 e. The Labute approximate surface area is 173 Å². The molecule has 7 heteroatoms. The molecule has 0 aliphatic carbocycles. The number of ether oxygens (including phenoxy) is 1. The summed E-state index contributed by atoms with van der Waals surface area (Å²) in [7, 11) is 0. The van der Waals surface area contributed by atoms with Crippen LogP contribution < -0.4 is 15.5 Å². The molecular formula is C23H22FN3O3. The summed E-state index contributed by atoms with van der Waals surface area (Å²) in [6, 6.07) is 17.1. The molecule has 0 heterocycles. The number of hydrogen-bond donors (Lipinski definition) is 1. The molecule has 30 heavy (non-hydrogen) atoms. The van der Waals surface area contributed by atoms with E-state index in [0.717, 1.165) is 22.2 Å². The molecule has 6 nitrogen and oxygen atoms in total. The summed E-state index contributed by atoms with van der Waals surface area (Å²) in [6.07, 6.45) is 1.67. The fourth-order valence-corrected chi connectivity index (χ4v) is 2.97. The van der Waals surface area contributed by atoms with Gasteiger partial charge < -0.3 is 10.5 Å². The van der Waals surface area contributed by atoms with E-state index in [4.69, 9.17) is 10.5 Å².